The lowest BCUT2D eigenvalue weighted by atomic mass is 10.4. The van der Waals surface area contributed by atoms with Crippen LogP contribution < -0.4 is 0 Å². The first-order chi connectivity index (χ1) is 6.15. The van der Waals surface area contributed by atoms with E-state index >= 15 is 0 Å². The molecule has 0 aliphatic carbocycles. The molecule has 0 unspecified atom stereocenters. The van der Waals surface area contributed by atoms with E-state index < -0.39 is 5.97 Å². The number of aromatic hydroxyl groups is 2. The number of carbonyl (C=O) groups is 1. The fourth-order valence-corrected chi connectivity index (χ4v) is 0.924. The van der Waals surface area contributed by atoms with Crippen LogP contribution in [0, 0.1) is 0 Å². The van der Waals surface area contributed by atoms with Gasteiger partial charge >= 0.3 is 5.97 Å². The molecule has 0 saturated heterocycles. The first-order valence-electron chi connectivity index (χ1n) is 3.57. The van der Waals surface area contributed by atoms with Gasteiger partial charge in [0.2, 0.25) is 0 Å². The second-order valence-electron chi connectivity index (χ2n) is 2.41. The number of hydrogen-bond donors (Lipinski definition) is 3. The quantitative estimate of drug-likeness (QED) is 0.467. The highest BCUT2D eigenvalue weighted by molar-refractivity contribution is 5.68. The minimum atomic E-state index is -0.826. The van der Waals surface area contributed by atoms with E-state index in [1.54, 1.807) is 0 Å². The van der Waals surface area contributed by atoms with Gasteiger partial charge in [-0.05, 0) is 0 Å². The predicted octanol–water partition coefficient (Wildman–Crippen LogP) is 0.306. The second kappa shape index (κ2) is 3.81. The van der Waals surface area contributed by atoms with Crippen LogP contribution in [0.2, 0.25) is 0 Å². The van der Waals surface area contributed by atoms with Crippen molar-refractivity contribution >= 4 is 5.97 Å². The summed E-state index contributed by atoms with van der Waals surface area (Å²) < 4.78 is 1.11. The summed E-state index contributed by atoms with van der Waals surface area (Å²) in [4.78, 5) is 13.9. The number of nitrogens with zero attached hydrogens (tertiary/aromatic N) is 1. The van der Waals surface area contributed by atoms with E-state index in [2.05, 4.69) is 4.89 Å². The van der Waals surface area contributed by atoms with Crippen molar-refractivity contribution in [2.45, 2.75) is 13.0 Å². The Kier molecular flexibility index (Phi) is 2.76. The Balaban J connectivity index is 2.58. The molecule has 0 aliphatic heterocycles. The Hall–Kier alpha value is -1.69. The van der Waals surface area contributed by atoms with Gasteiger partial charge in [-0.1, -0.05) is 0 Å². The van der Waals surface area contributed by atoms with Gasteiger partial charge in [-0.2, -0.15) is 5.26 Å². The van der Waals surface area contributed by atoms with Crippen LogP contribution in [-0.4, -0.2) is 26.0 Å². The van der Waals surface area contributed by atoms with Gasteiger partial charge in [-0.15, -0.1) is 0 Å². The van der Waals surface area contributed by atoms with Gasteiger partial charge in [0, 0.05) is 18.7 Å². The van der Waals surface area contributed by atoms with Crippen LogP contribution in [0.4, 0.5) is 0 Å². The first-order valence-corrected chi connectivity index (χ1v) is 3.57. The Labute approximate surface area is 73.5 Å². The molecule has 0 aliphatic rings. The molecular formula is C7H9NO5. The minimum absolute atomic E-state index is 0.0457. The van der Waals surface area contributed by atoms with Crippen molar-refractivity contribution in [1.82, 2.24) is 4.57 Å². The van der Waals surface area contributed by atoms with Crippen molar-refractivity contribution in [3.63, 3.8) is 0 Å². The SMILES string of the molecule is O=C(CCn1c(O)ccc1O)OO. The monoisotopic (exact) mass is 187 g/mol. The third-order valence-corrected chi connectivity index (χ3v) is 1.58. The zero-order valence-electron chi connectivity index (χ0n) is 6.67. The fourth-order valence-electron chi connectivity index (χ4n) is 0.924. The van der Waals surface area contributed by atoms with Crippen molar-refractivity contribution < 1.29 is 25.2 Å². The summed E-state index contributed by atoms with van der Waals surface area (Å²) >= 11 is 0. The van der Waals surface area contributed by atoms with Crippen LogP contribution in [0.5, 0.6) is 11.8 Å². The summed E-state index contributed by atoms with van der Waals surface area (Å²) in [5.41, 5.74) is 0. The van der Waals surface area contributed by atoms with E-state index in [0.717, 1.165) is 4.57 Å². The van der Waals surface area contributed by atoms with Crippen LogP contribution in [0.25, 0.3) is 0 Å². The number of aromatic nitrogens is 1. The number of rotatable bonds is 3. The average molecular weight is 187 g/mol. The molecule has 0 bridgehead atoms. The summed E-state index contributed by atoms with van der Waals surface area (Å²) in [6.45, 7) is 0.0457. The molecule has 0 radical (unpaired) electrons. The molecule has 0 amide bonds. The van der Waals surface area contributed by atoms with Crippen molar-refractivity contribution in [3.05, 3.63) is 12.1 Å². The third kappa shape index (κ3) is 2.12. The Bertz CT molecular complexity index is 286. The lowest BCUT2D eigenvalue weighted by Gasteiger charge is -2.03. The number of carbonyl (C=O) groups excluding carboxylic acids is 1. The molecule has 6 heteroatoms. The van der Waals surface area contributed by atoms with Crippen molar-refractivity contribution in [1.29, 1.82) is 0 Å². The molecule has 6 nitrogen and oxygen atoms in total. The van der Waals surface area contributed by atoms with Crippen LogP contribution in [0.1, 0.15) is 6.42 Å². The van der Waals surface area contributed by atoms with E-state index in [4.69, 9.17) is 15.5 Å². The fraction of sp³-hybridized carbons (Fsp3) is 0.286. The largest absolute Gasteiger partial charge is 0.494 e. The molecule has 0 spiro atoms. The smallest absolute Gasteiger partial charge is 0.343 e. The molecule has 0 fully saturated rings. The lowest BCUT2D eigenvalue weighted by molar-refractivity contribution is -0.234. The van der Waals surface area contributed by atoms with Gasteiger partial charge in [0.05, 0.1) is 6.42 Å². The van der Waals surface area contributed by atoms with E-state index in [1.807, 2.05) is 0 Å². The van der Waals surface area contributed by atoms with Gasteiger partial charge in [0.25, 0.3) is 0 Å². The molecule has 1 heterocycles. The zero-order valence-corrected chi connectivity index (χ0v) is 6.67. The Morgan fingerprint density at radius 3 is 2.38 bits per heavy atom. The zero-order chi connectivity index (χ0) is 9.84. The normalized spacial score (nSPS) is 9.92. The molecule has 0 atom stereocenters. The topological polar surface area (TPSA) is 91.9 Å². The summed E-state index contributed by atoms with van der Waals surface area (Å²) in [5, 5.41) is 26.1. The molecule has 3 N–H and O–H groups in total. The van der Waals surface area contributed by atoms with Crippen molar-refractivity contribution in [2.75, 3.05) is 0 Å². The van der Waals surface area contributed by atoms with Crippen molar-refractivity contribution in [2.24, 2.45) is 0 Å². The Morgan fingerprint density at radius 2 is 1.92 bits per heavy atom. The van der Waals surface area contributed by atoms with E-state index in [9.17, 15) is 4.79 Å². The molecule has 1 aromatic heterocycles. The maximum absolute atomic E-state index is 10.5. The highest BCUT2D eigenvalue weighted by atomic mass is 17.1. The highest BCUT2D eigenvalue weighted by Crippen LogP contribution is 2.20. The Morgan fingerprint density at radius 1 is 1.38 bits per heavy atom. The van der Waals surface area contributed by atoms with Crippen molar-refractivity contribution in [3.8, 4) is 11.8 Å². The van der Waals surface area contributed by atoms with Crippen LogP contribution in [0.15, 0.2) is 12.1 Å². The maximum Gasteiger partial charge on any atom is 0.343 e. The summed E-state index contributed by atoms with van der Waals surface area (Å²) in [6.07, 6.45) is -0.133. The average Bonchev–Trinajstić information content (AvgIpc) is 2.43. The van der Waals surface area contributed by atoms with E-state index in [-0.39, 0.29) is 24.7 Å². The van der Waals surface area contributed by atoms with Crippen LogP contribution in [0.3, 0.4) is 0 Å². The minimum Gasteiger partial charge on any atom is -0.494 e. The standard InChI is InChI=1S/C7H9NO5/c9-5-1-2-6(10)8(5)4-3-7(11)13-12/h1-2,9-10,12H,3-4H2. The number of hydrogen-bond acceptors (Lipinski definition) is 5. The van der Waals surface area contributed by atoms with Gasteiger partial charge in [-0.3, -0.25) is 4.57 Å². The highest BCUT2D eigenvalue weighted by Gasteiger charge is 2.08. The molecule has 1 aromatic rings. The van der Waals surface area contributed by atoms with Gasteiger partial charge < -0.3 is 15.1 Å². The predicted molar refractivity (Wildman–Crippen MR) is 41.1 cm³/mol. The third-order valence-electron chi connectivity index (χ3n) is 1.58. The van der Waals surface area contributed by atoms with E-state index in [0.29, 0.717) is 0 Å². The van der Waals surface area contributed by atoms with Crippen LogP contribution in [-0.2, 0) is 16.2 Å². The van der Waals surface area contributed by atoms with Gasteiger partial charge in [-0.25, -0.2) is 4.79 Å². The summed E-state index contributed by atoms with van der Waals surface area (Å²) in [6, 6.07) is 2.58. The molecule has 0 saturated carbocycles. The summed E-state index contributed by atoms with van der Waals surface area (Å²) in [7, 11) is 0. The molecule has 0 aromatic carbocycles. The lowest BCUT2D eigenvalue weighted by Crippen LogP contribution is -2.06. The maximum atomic E-state index is 10.5. The molecule has 13 heavy (non-hydrogen) atoms. The second-order valence-corrected chi connectivity index (χ2v) is 2.41. The first kappa shape index (κ1) is 9.40. The molecular weight excluding hydrogens is 178 g/mol. The molecule has 1 rings (SSSR count). The van der Waals surface area contributed by atoms with E-state index in [1.165, 1.54) is 12.1 Å². The van der Waals surface area contributed by atoms with Gasteiger partial charge in [0.15, 0.2) is 11.8 Å². The van der Waals surface area contributed by atoms with Crippen LogP contribution >= 0.6 is 0 Å². The molecule has 72 valence electrons. The van der Waals surface area contributed by atoms with Gasteiger partial charge in [0.1, 0.15) is 0 Å². The summed E-state index contributed by atoms with van der Waals surface area (Å²) in [5.74, 6) is -1.13.